The molecule has 0 unspecified atom stereocenters. The first kappa shape index (κ1) is 17.4. The summed E-state index contributed by atoms with van der Waals surface area (Å²) in [6.07, 6.45) is 2.70. The molecule has 0 aromatic heterocycles. The SMILES string of the molecule is Cc1ccc(CNC(=O)CN2CCOC[C@@H]2[C@H]2CCC[C@H]2O)cc1. The Labute approximate surface area is 144 Å². The lowest BCUT2D eigenvalue weighted by Gasteiger charge is -2.39. The molecule has 3 atom stereocenters. The Hall–Kier alpha value is -1.43. The van der Waals surface area contributed by atoms with Crippen LogP contribution in [0.5, 0.6) is 0 Å². The Morgan fingerprint density at radius 1 is 1.33 bits per heavy atom. The number of ether oxygens (including phenoxy) is 1. The molecule has 1 saturated carbocycles. The molecule has 5 nitrogen and oxygen atoms in total. The van der Waals surface area contributed by atoms with Gasteiger partial charge in [-0.25, -0.2) is 0 Å². The zero-order valence-corrected chi connectivity index (χ0v) is 14.4. The zero-order chi connectivity index (χ0) is 16.9. The van der Waals surface area contributed by atoms with Crippen LogP contribution < -0.4 is 5.32 Å². The van der Waals surface area contributed by atoms with Crippen LogP contribution in [0.15, 0.2) is 24.3 Å². The minimum atomic E-state index is -0.255. The van der Waals surface area contributed by atoms with Gasteiger partial charge >= 0.3 is 0 Å². The molecule has 1 amide bonds. The summed E-state index contributed by atoms with van der Waals surface area (Å²) in [6.45, 7) is 5.02. The predicted octanol–water partition coefficient (Wildman–Crippen LogP) is 1.47. The van der Waals surface area contributed by atoms with E-state index in [2.05, 4.69) is 29.3 Å². The highest BCUT2D eigenvalue weighted by atomic mass is 16.5. The highest BCUT2D eigenvalue weighted by molar-refractivity contribution is 5.78. The molecule has 1 heterocycles. The quantitative estimate of drug-likeness (QED) is 0.857. The lowest BCUT2D eigenvalue weighted by molar-refractivity contribution is -0.126. The van der Waals surface area contributed by atoms with Gasteiger partial charge in [0.2, 0.25) is 5.91 Å². The maximum atomic E-state index is 12.3. The van der Waals surface area contributed by atoms with Gasteiger partial charge in [-0.15, -0.1) is 0 Å². The number of amides is 1. The Morgan fingerprint density at radius 3 is 2.83 bits per heavy atom. The third kappa shape index (κ3) is 4.35. The third-order valence-corrected chi connectivity index (χ3v) is 5.26. The Morgan fingerprint density at radius 2 is 2.12 bits per heavy atom. The molecule has 0 radical (unpaired) electrons. The Balaban J connectivity index is 1.52. The first-order valence-electron chi connectivity index (χ1n) is 8.95. The number of aliphatic hydroxyl groups excluding tert-OH is 1. The van der Waals surface area contributed by atoms with Crippen molar-refractivity contribution in [2.45, 2.75) is 44.9 Å². The van der Waals surface area contributed by atoms with Gasteiger partial charge in [-0.05, 0) is 25.3 Å². The van der Waals surface area contributed by atoms with Gasteiger partial charge in [0.15, 0.2) is 0 Å². The van der Waals surface area contributed by atoms with Crippen molar-refractivity contribution in [3.63, 3.8) is 0 Å². The van der Waals surface area contributed by atoms with Gasteiger partial charge in [-0.1, -0.05) is 36.2 Å². The molecule has 1 aromatic rings. The van der Waals surface area contributed by atoms with E-state index in [0.717, 1.165) is 31.4 Å². The summed E-state index contributed by atoms with van der Waals surface area (Å²) in [5.74, 6) is 0.269. The molecule has 1 aliphatic heterocycles. The van der Waals surface area contributed by atoms with Crippen LogP contribution in [0.2, 0.25) is 0 Å². The highest BCUT2D eigenvalue weighted by Gasteiger charge is 2.38. The van der Waals surface area contributed by atoms with E-state index in [1.807, 2.05) is 12.1 Å². The van der Waals surface area contributed by atoms with Gasteiger partial charge in [0, 0.05) is 25.0 Å². The van der Waals surface area contributed by atoms with Crippen molar-refractivity contribution in [3.8, 4) is 0 Å². The third-order valence-electron chi connectivity index (χ3n) is 5.26. The van der Waals surface area contributed by atoms with Crippen molar-refractivity contribution in [3.05, 3.63) is 35.4 Å². The average molecular weight is 332 g/mol. The fraction of sp³-hybridized carbons (Fsp3) is 0.632. The van der Waals surface area contributed by atoms with Crippen LogP contribution in [0.25, 0.3) is 0 Å². The first-order chi connectivity index (χ1) is 11.6. The summed E-state index contributed by atoms with van der Waals surface area (Å²) >= 11 is 0. The number of carbonyl (C=O) groups is 1. The van der Waals surface area contributed by atoms with E-state index < -0.39 is 0 Å². The molecule has 2 N–H and O–H groups in total. The molecule has 0 spiro atoms. The van der Waals surface area contributed by atoms with E-state index in [0.29, 0.717) is 26.3 Å². The molecular formula is C19H28N2O3. The second-order valence-corrected chi connectivity index (χ2v) is 7.04. The number of hydrogen-bond acceptors (Lipinski definition) is 4. The van der Waals surface area contributed by atoms with Crippen LogP contribution in [0.1, 0.15) is 30.4 Å². The normalized spacial score (nSPS) is 28.0. The molecule has 1 aliphatic carbocycles. The van der Waals surface area contributed by atoms with Gasteiger partial charge in [-0.2, -0.15) is 0 Å². The molecule has 132 valence electrons. The lowest BCUT2D eigenvalue weighted by atomic mass is 9.94. The average Bonchev–Trinajstić information content (AvgIpc) is 3.01. The van der Waals surface area contributed by atoms with Crippen molar-refractivity contribution in [1.29, 1.82) is 0 Å². The fourth-order valence-electron chi connectivity index (χ4n) is 3.81. The summed E-state index contributed by atoms with van der Waals surface area (Å²) in [5.41, 5.74) is 2.33. The molecule has 1 saturated heterocycles. The standard InChI is InChI=1S/C19H28N2O3/c1-14-5-7-15(8-6-14)11-20-19(23)12-21-9-10-24-13-17(21)16-3-2-4-18(16)22/h5-8,16-18,22H,2-4,9-13H2,1H3,(H,20,23)/t16-,17-,18-/m1/s1. The molecule has 24 heavy (non-hydrogen) atoms. The van der Waals surface area contributed by atoms with Gasteiger partial charge in [0.05, 0.1) is 25.9 Å². The van der Waals surface area contributed by atoms with Gasteiger partial charge in [-0.3, -0.25) is 9.69 Å². The van der Waals surface area contributed by atoms with Crippen LogP contribution in [0.4, 0.5) is 0 Å². The predicted molar refractivity (Wildman–Crippen MR) is 92.6 cm³/mol. The molecule has 0 bridgehead atoms. The number of rotatable bonds is 5. The summed E-state index contributed by atoms with van der Waals surface area (Å²) in [4.78, 5) is 14.5. The van der Waals surface area contributed by atoms with Crippen LogP contribution in [0, 0.1) is 12.8 Å². The van der Waals surface area contributed by atoms with E-state index >= 15 is 0 Å². The van der Waals surface area contributed by atoms with E-state index in [4.69, 9.17) is 4.74 Å². The first-order valence-corrected chi connectivity index (χ1v) is 8.95. The second-order valence-electron chi connectivity index (χ2n) is 7.04. The minimum Gasteiger partial charge on any atom is -0.393 e. The van der Waals surface area contributed by atoms with Crippen molar-refractivity contribution >= 4 is 5.91 Å². The van der Waals surface area contributed by atoms with Crippen molar-refractivity contribution in [2.75, 3.05) is 26.3 Å². The largest absolute Gasteiger partial charge is 0.393 e. The lowest BCUT2D eigenvalue weighted by Crippen LogP contribution is -2.53. The van der Waals surface area contributed by atoms with Crippen molar-refractivity contribution < 1.29 is 14.6 Å². The van der Waals surface area contributed by atoms with E-state index in [9.17, 15) is 9.90 Å². The number of aryl methyl sites for hydroxylation is 1. The monoisotopic (exact) mass is 332 g/mol. The van der Waals surface area contributed by atoms with Gasteiger partial charge in [0.1, 0.15) is 0 Å². The summed E-state index contributed by atoms with van der Waals surface area (Å²) < 4.78 is 5.61. The number of nitrogens with zero attached hydrogens (tertiary/aromatic N) is 1. The molecular weight excluding hydrogens is 304 g/mol. The molecule has 1 aromatic carbocycles. The number of hydrogen-bond donors (Lipinski definition) is 2. The smallest absolute Gasteiger partial charge is 0.234 e. The van der Waals surface area contributed by atoms with Crippen LogP contribution in [0.3, 0.4) is 0 Å². The van der Waals surface area contributed by atoms with Gasteiger partial charge in [0.25, 0.3) is 0 Å². The fourth-order valence-corrected chi connectivity index (χ4v) is 3.81. The van der Waals surface area contributed by atoms with Crippen molar-refractivity contribution in [2.24, 2.45) is 5.92 Å². The van der Waals surface area contributed by atoms with E-state index in [1.165, 1.54) is 5.56 Å². The highest BCUT2D eigenvalue weighted by Crippen LogP contribution is 2.32. The minimum absolute atomic E-state index is 0.0370. The number of nitrogens with one attached hydrogen (secondary N) is 1. The van der Waals surface area contributed by atoms with Crippen molar-refractivity contribution in [1.82, 2.24) is 10.2 Å². The van der Waals surface area contributed by atoms with E-state index in [1.54, 1.807) is 0 Å². The molecule has 3 rings (SSSR count). The maximum Gasteiger partial charge on any atom is 0.234 e. The van der Waals surface area contributed by atoms with Crippen LogP contribution in [-0.4, -0.2) is 54.4 Å². The number of aliphatic hydroxyl groups is 1. The van der Waals surface area contributed by atoms with E-state index in [-0.39, 0.29) is 24.0 Å². The number of carbonyl (C=O) groups excluding carboxylic acids is 1. The maximum absolute atomic E-state index is 12.3. The molecule has 5 heteroatoms. The summed E-state index contributed by atoms with van der Waals surface area (Å²) in [5, 5.41) is 13.2. The molecule has 2 fully saturated rings. The number of benzene rings is 1. The summed E-state index contributed by atoms with van der Waals surface area (Å²) in [7, 11) is 0. The Kier molecular flexibility index (Phi) is 5.87. The van der Waals surface area contributed by atoms with Gasteiger partial charge < -0.3 is 15.2 Å². The number of morpholine rings is 1. The molecule has 2 aliphatic rings. The zero-order valence-electron chi connectivity index (χ0n) is 14.4. The summed E-state index contributed by atoms with van der Waals surface area (Å²) in [6, 6.07) is 8.35. The Bertz CT molecular complexity index is 546. The second kappa shape index (κ2) is 8.10. The van der Waals surface area contributed by atoms with Crippen LogP contribution in [-0.2, 0) is 16.1 Å². The van der Waals surface area contributed by atoms with Crippen LogP contribution >= 0.6 is 0 Å². The topological polar surface area (TPSA) is 61.8 Å².